The molecule has 1 heterocycles. The number of hydrogen-bond acceptors (Lipinski definition) is 4. The van der Waals surface area contributed by atoms with E-state index in [-0.39, 0.29) is 12.5 Å². The monoisotopic (exact) mass is 332 g/mol. The normalized spacial score (nSPS) is 10.3. The molecule has 118 valence electrons. The number of carbonyl (C=O) groups excluding carboxylic acids is 1. The quantitative estimate of drug-likeness (QED) is 0.767. The summed E-state index contributed by atoms with van der Waals surface area (Å²) in [6.07, 6.45) is 0.965. The first-order valence-electron chi connectivity index (χ1n) is 7.14. The SMILES string of the molecule is CCCNc1nc(N(CC)CC(=O)NCC)c(Cl)cc1Cl. The maximum Gasteiger partial charge on any atom is 0.239 e. The van der Waals surface area contributed by atoms with Crippen molar-refractivity contribution >= 4 is 40.7 Å². The van der Waals surface area contributed by atoms with Gasteiger partial charge in [-0.15, -0.1) is 0 Å². The zero-order valence-electron chi connectivity index (χ0n) is 12.7. The highest BCUT2D eigenvalue weighted by Gasteiger charge is 2.16. The summed E-state index contributed by atoms with van der Waals surface area (Å²) in [5.41, 5.74) is 0. The van der Waals surface area contributed by atoms with E-state index in [4.69, 9.17) is 23.2 Å². The molecule has 21 heavy (non-hydrogen) atoms. The third kappa shape index (κ3) is 5.25. The molecule has 1 aromatic heterocycles. The van der Waals surface area contributed by atoms with Crippen LogP contribution >= 0.6 is 23.2 Å². The molecule has 0 atom stereocenters. The molecule has 1 amide bonds. The van der Waals surface area contributed by atoms with E-state index in [1.807, 2.05) is 18.7 Å². The number of halogens is 2. The highest BCUT2D eigenvalue weighted by atomic mass is 35.5. The van der Waals surface area contributed by atoms with Crippen molar-refractivity contribution in [3.8, 4) is 0 Å². The average molecular weight is 333 g/mol. The zero-order valence-corrected chi connectivity index (χ0v) is 14.2. The predicted molar refractivity (Wildman–Crippen MR) is 89.6 cm³/mol. The van der Waals surface area contributed by atoms with Gasteiger partial charge in [-0.05, 0) is 26.3 Å². The molecule has 2 N–H and O–H groups in total. The van der Waals surface area contributed by atoms with Gasteiger partial charge in [0.25, 0.3) is 0 Å². The molecule has 1 aromatic rings. The summed E-state index contributed by atoms with van der Waals surface area (Å²) in [6, 6.07) is 1.66. The van der Waals surface area contributed by atoms with Crippen LogP contribution in [-0.4, -0.2) is 37.1 Å². The maximum absolute atomic E-state index is 11.8. The Hall–Kier alpha value is -1.20. The van der Waals surface area contributed by atoms with Crippen LogP contribution in [0.4, 0.5) is 11.6 Å². The second-order valence-electron chi connectivity index (χ2n) is 4.52. The number of pyridine rings is 1. The molecule has 0 saturated heterocycles. The van der Waals surface area contributed by atoms with Crippen molar-refractivity contribution in [2.24, 2.45) is 0 Å². The van der Waals surface area contributed by atoms with Crippen molar-refractivity contribution < 1.29 is 4.79 Å². The molecule has 0 radical (unpaired) electrons. The van der Waals surface area contributed by atoms with Crippen LogP contribution in [0.25, 0.3) is 0 Å². The molecule has 0 unspecified atom stereocenters. The predicted octanol–water partition coefficient (Wildman–Crippen LogP) is 3.17. The second-order valence-corrected chi connectivity index (χ2v) is 5.33. The lowest BCUT2D eigenvalue weighted by Gasteiger charge is -2.23. The number of likely N-dealkylation sites (N-methyl/N-ethyl adjacent to an activating group) is 2. The Morgan fingerprint density at radius 1 is 1.29 bits per heavy atom. The lowest BCUT2D eigenvalue weighted by Crippen LogP contribution is -2.37. The fourth-order valence-corrected chi connectivity index (χ4v) is 2.35. The molecule has 1 rings (SSSR count). The van der Waals surface area contributed by atoms with Crippen LogP contribution in [-0.2, 0) is 4.79 Å². The third-order valence-electron chi connectivity index (χ3n) is 2.84. The van der Waals surface area contributed by atoms with E-state index >= 15 is 0 Å². The van der Waals surface area contributed by atoms with E-state index in [0.717, 1.165) is 13.0 Å². The summed E-state index contributed by atoms with van der Waals surface area (Å²) < 4.78 is 0. The molecule has 0 saturated carbocycles. The Bertz CT molecular complexity index is 482. The number of aromatic nitrogens is 1. The van der Waals surface area contributed by atoms with Gasteiger partial charge in [0.2, 0.25) is 5.91 Å². The van der Waals surface area contributed by atoms with E-state index in [0.29, 0.717) is 34.8 Å². The summed E-state index contributed by atoms with van der Waals surface area (Å²) in [5, 5.41) is 6.84. The summed E-state index contributed by atoms with van der Waals surface area (Å²) >= 11 is 12.4. The van der Waals surface area contributed by atoms with Crippen LogP contribution < -0.4 is 15.5 Å². The smallest absolute Gasteiger partial charge is 0.239 e. The highest BCUT2D eigenvalue weighted by molar-refractivity contribution is 6.37. The van der Waals surface area contributed by atoms with Crippen LogP contribution in [0.1, 0.15) is 27.2 Å². The minimum atomic E-state index is -0.0600. The van der Waals surface area contributed by atoms with E-state index in [9.17, 15) is 4.79 Å². The molecular weight excluding hydrogens is 311 g/mol. The first-order valence-corrected chi connectivity index (χ1v) is 7.90. The van der Waals surface area contributed by atoms with E-state index in [1.165, 1.54) is 0 Å². The minimum absolute atomic E-state index is 0.0600. The number of hydrogen-bond donors (Lipinski definition) is 2. The summed E-state index contributed by atoms with van der Waals surface area (Å²) in [7, 11) is 0. The Labute approximate surface area is 136 Å². The maximum atomic E-state index is 11.8. The molecule has 0 aliphatic carbocycles. The van der Waals surface area contributed by atoms with Gasteiger partial charge in [0.05, 0.1) is 16.6 Å². The Balaban J connectivity index is 2.99. The molecule has 5 nitrogen and oxygen atoms in total. The molecule has 0 bridgehead atoms. The molecule has 0 fully saturated rings. The number of rotatable bonds is 8. The van der Waals surface area contributed by atoms with Crippen molar-refractivity contribution in [3.05, 3.63) is 16.1 Å². The van der Waals surface area contributed by atoms with Crippen LogP contribution in [0.5, 0.6) is 0 Å². The number of carbonyl (C=O) groups is 1. The van der Waals surface area contributed by atoms with Gasteiger partial charge in [-0.25, -0.2) is 4.98 Å². The van der Waals surface area contributed by atoms with Gasteiger partial charge in [0.15, 0.2) is 0 Å². The minimum Gasteiger partial charge on any atom is -0.369 e. The standard InChI is InChI=1S/C14H22Cl2N4O/c1-4-7-18-13-10(15)8-11(16)14(19-13)20(6-3)9-12(21)17-5-2/h8H,4-7,9H2,1-3H3,(H,17,21)(H,18,19). The van der Waals surface area contributed by atoms with E-state index in [2.05, 4.69) is 22.5 Å². The second kappa shape index (κ2) is 8.95. The van der Waals surface area contributed by atoms with Crippen LogP contribution in [0.2, 0.25) is 10.0 Å². The zero-order chi connectivity index (χ0) is 15.8. The van der Waals surface area contributed by atoms with Crippen molar-refractivity contribution in [2.75, 3.05) is 36.4 Å². The molecule has 0 aliphatic rings. The van der Waals surface area contributed by atoms with E-state index < -0.39 is 0 Å². The van der Waals surface area contributed by atoms with Gasteiger partial charge in [-0.3, -0.25) is 4.79 Å². The van der Waals surface area contributed by atoms with Gasteiger partial charge < -0.3 is 15.5 Å². The topological polar surface area (TPSA) is 57.3 Å². The fourth-order valence-electron chi connectivity index (χ4n) is 1.81. The molecule has 0 aliphatic heterocycles. The number of amides is 1. The lowest BCUT2D eigenvalue weighted by atomic mass is 10.3. The highest BCUT2D eigenvalue weighted by Crippen LogP contribution is 2.31. The number of nitrogens with zero attached hydrogens (tertiary/aromatic N) is 2. The van der Waals surface area contributed by atoms with Crippen molar-refractivity contribution in [1.29, 1.82) is 0 Å². The number of nitrogens with one attached hydrogen (secondary N) is 2. The summed E-state index contributed by atoms with van der Waals surface area (Å²) in [6.45, 7) is 8.10. The first kappa shape index (κ1) is 17.9. The van der Waals surface area contributed by atoms with Crippen molar-refractivity contribution in [2.45, 2.75) is 27.2 Å². The van der Waals surface area contributed by atoms with Gasteiger partial charge in [-0.1, -0.05) is 30.1 Å². The van der Waals surface area contributed by atoms with Gasteiger partial charge in [0, 0.05) is 19.6 Å². The van der Waals surface area contributed by atoms with Crippen LogP contribution in [0, 0.1) is 0 Å². The van der Waals surface area contributed by atoms with Crippen molar-refractivity contribution in [3.63, 3.8) is 0 Å². The lowest BCUT2D eigenvalue weighted by molar-refractivity contribution is -0.119. The first-order chi connectivity index (χ1) is 10.0. The van der Waals surface area contributed by atoms with Crippen molar-refractivity contribution in [1.82, 2.24) is 10.3 Å². The molecule has 0 spiro atoms. The Morgan fingerprint density at radius 2 is 2.00 bits per heavy atom. The van der Waals surface area contributed by atoms with Gasteiger partial charge in [0.1, 0.15) is 11.6 Å². The fraction of sp³-hybridized carbons (Fsp3) is 0.571. The Kier molecular flexibility index (Phi) is 7.61. The largest absolute Gasteiger partial charge is 0.369 e. The van der Waals surface area contributed by atoms with Gasteiger partial charge in [-0.2, -0.15) is 0 Å². The number of anilines is 2. The van der Waals surface area contributed by atoms with Crippen LogP contribution in [0.15, 0.2) is 6.07 Å². The molecular formula is C14H22Cl2N4O. The molecule has 7 heteroatoms. The summed E-state index contributed by atoms with van der Waals surface area (Å²) in [5.74, 6) is 1.09. The molecule has 0 aromatic carbocycles. The average Bonchev–Trinajstić information content (AvgIpc) is 2.44. The van der Waals surface area contributed by atoms with Crippen LogP contribution in [0.3, 0.4) is 0 Å². The van der Waals surface area contributed by atoms with Gasteiger partial charge >= 0.3 is 0 Å². The summed E-state index contributed by atoms with van der Waals surface area (Å²) in [4.78, 5) is 18.0. The third-order valence-corrected chi connectivity index (χ3v) is 3.41. The Morgan fingerprint density at radius 3 is 2.57 bits per heavy atom. The van der Waals surface area contributed by atoms with E-state index in [1.54, 1.807) is 6.07 Å².